The zero-order valence-electron chi connectivity index (χ0n) is 14.8. The molecule has 0 spiro atoms. The van der Waals surface area contributed by atoms with E-state index in [1.807, 2.05) is 12.1 Å². The average Bonchev–Trinajstić information content (AvgIpc) is 3.12. The maximum Gasteiger partial charge on any atom is 0.331 e. The number of aromatic nitrogens is 1. The predicted octanol–water partition coefficient (Wildman–Crippen LogP) is 3.28. The number of ether oxygens (including phenoxy) is 3. The Hall–Kier alpha value is -3.61. The molecule has 1 heterocycles. The Morgan fingerprint density at radius 2 is 1.93 bits per heavy atom. The van der Waals surface area contributed by atoms with Crippen molar-refractivity contribution in [3.63, 3.8) is 0 Å². The quantitative estimate of drug-likeness (QED) is 0.360. The summed E-state index contributed by atoms with van der Waals surface area (Å²) in [5.41, 5.74) is 1.61. The van der Waals surface area contributed by atoms with Crippen LogP contribution in [0.25, 0.3) is 17.2 Å². The minimum atomic E-state index is -0.682. The highest BCUT2D eigenvalue weighted by molar-refractivity contribution is 6.01. The summed E-state index contributed by atoms with van der Waals surface area (Å²) < 4.78 is 20.7. The maximum absolute atomic E-state index is 12.3. The normalized spacial score (nSPS) is 10.9. The van der Waals surface area contributed by atoms with E-state index in [9.17, 15) is 9.59 Å². The summed E-state index contributed by atoms with van der Waals surface area (Å²) in [6, 6.07) is 12.0. The highest BCUT2D eigenvalue weighted by Gasteiger charge is 2.15. The lowest BCUT2D eigenvalue weighted by atomic mass is 10.1. The molecule has 0 bridgehead atoms. The number of fused-ring (bicyclic) bond motifs is 1. The second-order valence-electron chi connectivity index (χ2n) is 5.45. The van der Waals surface area contributed by atoms with E-state index >= 15 is 0 Å². The Labute approximate surface area is 155 Å². The molecule has 0 aliphatic carbocycles. The Morgan fingerprint density at radius 3 is 2.67 bits per heavy atom. The van der Waals surface area contributed by atoms with Crippen molar-refractivity contribution in [1.82, 2.24) is 4.98 Å². The van der Waals surface area contributed by atoms with Crippen molar-refractivity contribution in [1.29, 1.82) is 0 Å². The van der Waals surface area contributed by atoms with Gasteiger partial charge in [-0.15, -0.1) is 0 Å². The van der Waals surface area contributed by atoms with Gasteiger partial charge in [0.05, 0.1) is 19.8 Å². The van der Waals surface area contributed by atoms with Crippen molar-refractivity contribution < 1.29 is 28.2 Å². The van der Waals surface area contributed by atoms with Crippen LogP contribution in [0.2, 0.25) is 0 Å². The molecule has 7 nitrogen and oxygen atoms in total. The minimum absolute atomic E-state index is 0.274. The highest BCUT2D eigenvalue weighted by Crippen LogP contribution is 2.25. The maximum atomic E-state index is 12.3. The number of carbonyl (C=O) groups excluding carboxylic acids is 2. The molecular formula is C20H17NO6. The van der Waals surface area contributed by atoms with Crippen LogP contribution in [-0.2, 0) is 9.53 Å². The summed E-state index contributed by atoms with van der Waals surface area (Å²) in [5, 5.41) is 0. The third kappa shape index (κ3) is 4.33. The van der Waals surface area contributed by atoms with Crippen molar-refractivity contribution in [2.75, 3.05) is 20.8 Å². The number of esters is 1. The molecule has 0 atom stereocenters. The second kappa shape index (κ2) is 8.18. The third-order valence-electron chi connectivity index (χ3n) is 3.73. The Morgan fingerprint density at radius 1 is 1.11 bits per heavy atom. The van der Waals surface area contributed by atoms with E-state index in [2.05, 4.69) is 4.98 Å². The molecular weight excluding hydrogens is 350 g/mol. The van der Waals surface area contributed by atoms with Crippen molar-refractivity contribution in [3.8, 4) is 11.5 Å². The second-order valence-corrected chi connectivity index (χ2v) is 5.45. The van der Waals surface area contributed by atoms with Gasteiger partial charge in [0.25, 0.3) is 0 Å². The number of ketones is 1. The monoisotopic (exact) mass is 367 g/mol. The van der Waals surface area contributed by atoms with Crippen molar-refractivity contribution in [2.45, 2.75) is 0 Å². The molecule has 27 heavy (non-hydrogen) atoms. The largest absolute Gasteiger partial charge is 0.497 e. The lowest BCUT2D eigenvalue weighted by Gasteiger charge is -2.09. The zero-order valence-corrected chi connectivity index (χ0v) is 14.8. The molecule has 0 unspecified atom stereocenters. The van der Waals surface area contributed by atoms with Gasteiger partial charge in [0.15, 0.2) is 12.2 Å². The molecule has 0 saturated carbocycles. The number of methoxy groups -OCH3 is 2. The van der Waals surface area contributed by atoms with Gasteiger partial charge in [-0.05, 0) is 24.3 Å². The fourth-order valence-electron chi connectivity index (χ4n) is 2.39. The first kappa shape index (κ1) is 18.2. The van der Waals surface area contributed by atoms with Crippen LogP contribution >= 0.6 is 0 Å². The molecule has 2 aromatic carbocycles. The first-order chi connectivity index (χ1) is 13.1. The van der Waals surface area contributed by atoms with Crippen LogP contribution in [0.15, 0.2) is 53.0 Å². The van der Waals surface area contributed by atoms with Crippen LogP contribution in [0.3, 0.4) is 0 Å². The van der Waals surface area contributed by atoms with E-state index in [-0.39, 0.29) is 5.89 Å². The minimum Gasteiger partial charge on any atom is -0.497 e. The summed E-state index contributed by atoms with van der Waals surface area (Å²) in [4.78, 5) is 28.3. The van der Waals surface area contributed by atoms with Gasteiger partial charge in [-0.25, -0.2) is 9.78 Å². The van der Waals surface area contributed by atoms with Crippen LogP contribution in [0, 0.1) is 0 Å². The first-order valence-corrected chi connectivity index (χ1v) is 8.06. The van der Waals surface area contributed by atoms with Crippen molar-refractivity contribution in [2.24, 2.45) is 0 Å². The van der Waals surface area contributed by atoms with Gasteiger partial charge in [0, 0.05) is 18.2 Å². The van der Waals surface area contributed by atoms with Gasteiger partial charge in [-0.1, -0.05) is 12.1 Å². The summed E-state index contributed by atoms with van der Waals surface area (Å²) in [7, 11) is 2.96. The van der Waals surface area contributed by atoms with E-state index in [0.29, 0.717) is 28.2 Å². The molecule has 0 amide bonds. The summed E-state index contributed by atoms with van der Waals surface area (Å²) >= 11 is 0. The van der Waals surface area contributed by atoms with Gasteiger partial charge in [0.2, 0.25) is 11.7 Å². The average molecular weight is 367 g/mol. The lowest BCUT2D eigenvalue weighted by Crippen LogP contribution is -2.13. The Bertz CT molecular complexity index is 972. The molecule has 0 aliphatic heterocycles. The van der Waals surface area contributed by atoms with E-state index in [1.165, 1.54) is 20.3 Å². The van der Waals surface area contributed by atoms with Gasteiger partial charge in [0.1, 0.15) is 17.0 Å². The third-order valence-corrected chi connectivity index (χ3v) is 3.73. The molecule has 3 aromatic rings. The number of oxazole rings is 1. The molecule has 138 valence electrons. The van der Waals surface area contributed by atoms with Crippen molar-refractivity contribution >= 4 is 28.9 Å². The fourth-order valence-corrected chi connectivity index (χ4v) is 2.39. The van der Waals surface area contributed by atoms with E-state index in [1.54, 1.807) is 30.3 Å². The van der Waals surface area contributed by atoms with Crippen LogP contribution in [-0.4, -0.2) is 37.6 Å². The summed E-state index contributed by atoms with van der Waals surface area (Å²) in [5.74, 6) is 0.103. The molecule has 1 aromatic heterocycles. The SMILES string of the molecule is COc1ccc(C(=O)COC(=O)/C=C/c2nc3ccccc3o2)c(OC)c1. The fraction of sp³-hybridized carbons (Fsp3) is 0.150. The molecule has 0 radical (unpaired) electrons. The lowest BCUT2D eigenvalue weighted by molar-refractivity contribution is -0.136. The summed E-state index contributed by atoms with van der Waals surface area (Å²) in [6.07, 6.45) is 2.55. The van der Waals surface area contributed by atoms with E-state index < -0.39 is 18.4 Å². The van der Waals surface area contributed by atoms with Gasteiger partial charge in [-0.2, -0.15) is 0 Å². The van der Waals surface area contributed by atoms with Gasteiger partial charge < -0.3 is 18.6 Å². The van der Waals surface area contributed by atoms with Gasteiger partial charge >= 0.3 is 5.97 Å². The van der Waals surface area contributed by atoms with Crippen LogP contribution in [0.5, 0.6) is 11.5 Å². The zero-order chi connectivity index (χ0) is 19.2. The van der Waals surface area contributed by atoms with Crippen molar-refractivity contribution in [3.05, 3.63) is 60.0 Å². The first-order valence-electron chi connectivity index (χ1n) is 8.06. The number of nitrogens with zero attached hydrogens (tertiary/aromatic N) is 1. The van der Waals surface area contributed by atoms with Crippen LogP contribution in [0.1, 0.15) is 16.2 Å². The van der Waals surface area contributed by atoms with E-state index in [4.69, 9.17) is 18.6 Å². The number of hydrogen-bond donors (Lipinski definition) is 0. The van der Waals surface area contributed by atoms with Gasteiger partial charge in [-0.3, -0.25) is 4.79 Å². The number of para-hydroxylation sites is 2. The Kier molecular flexibility index (Phi) is 5.51. The Balaban J connectivity index is 1.60. The van der Waals surface area contributed by atoms with E-state index in [0.717, 1.165) is 6.08 Å². The number of hydrogen-bond acceptors (Lipinski definition) is 7. The van der Waals surface area contributed by atoms with Crippen LogP contribution in [0.4, 0.5) is 0 Å². The standard InChI is InChI=1S/C20H17NO6/c1-24-13-7-8-14(18(11-13)25-2)16(22)12-26-20(23)10-9-19-21-15-5-3-4-6-17(15)27-19/h3-11H,12H2,1-2H3/b10-9+. The molecule has 0 N–H and O–H groups in total. The summed E-state index contributed by atoms with van der Waals surface area (Å²) in [6.45, 7) is -0.417. The topological polar surface area (TPSA) is 87.9 Å². The van der Waals surface area contributed by atoms with Crippen LogP contribution < -0.4 is 9.47 Å². The molecule has 0 fully saturated rings. The number of carbonyl (C=O) groups is 2. The smallest absolute Gasteiger partial charge is 0.331 e. The molecule has 0 aliphatic rings. The predicted molar refractivity (Wildman–Crippen MR) is 97.9 cm³/mol. The number of benzene rings is 2. The molecule has 7 heteroatoms. The number of Topliss-reactive ketones (excluding diaryl/α,β-unsaturated/α-hetero) is 1. The highest BCUT2D eigenvalue weighted by atomic mass is 16.5. The molecule has 0 saturated heterocycles. The number of rotatable bonds is 7. The molecule has 3 rings (SSSR count).